The van der Waals surface area contributed by atoms with E-state index in [0.29, 0.717) is 19.3 Å². The SMILES string of the molecule is CC/C=C\C/C=C\C/C=C\C/C=C\C/C=C\C/C=C\CCCCCCCCCCCCCCCCC(=O)OCC(COC(=O)C/C=C\C/C=C\C/C=C\C/C=C\C/C=C\CC)OC(=O)C/C=C\C/C=C\C/C=C\C/C=C\C/C=C\CC. The third kappa shape index (κ3) is 64.9. The molecule has 1 unspecified atom stereocenters. The number of carbonyl (C=O) groups excluding carboxylic acids is 3. The van der Waals surface area contributed by atoms with E-state index in [1.54, 1.807) is 12.2 Å². The maximum Gasteiger partial charge on any atom is 0.310 e. The predicted octanol–water partition coefficient (Wildman–Crippen LogP) is 22.2. The van der Waals surface area contributed by atoms with Crippen molar-refractivity contribution < 1.29 is 28.6 Å². The van der Waals surface area contributed by atoms with Gasteiger partial charge in [0.15, 0.2) is 6.10 Å². The van der Waals surface area contributed by atoms with Crippen molar-refractivity contribution in [1.82, 2.24) is 0 Å². The Balaban J connectivity index is 4.37. The summed E-state index contributed by atoms with van der Waals surface area (Å²) in [6.45, 7) is 6.11. The van der Waals surface area contributed by atoms with Crippen LogP contribution in [0.25, 0.3) is 0 Å². The van der Waals surface area contributed by atoms with Gasteiger partial charge in [-0.25, -0.2) is 0 Å². The molecule has 6 heteroatoms. The van der Waals surface area contributed by atoms with Gasteiger partial charge in [-0.05, 0) is 122 Å². The number of esters is 3. The lowest BCUT2D eigenvalue weighted by Gasteiger charge is -2.17. The van der Waals surface area contributed by atoms with Gasteiger partial charge in [0.2, 0.25) is 0 Å². The van der Waals surface area contributed by atoms with E-state index >= 15 is 0 Å². The first-order chi connectivity index (χ1) is 40.0. The molecule has 0 amide bonds. The molecule has 450 valence electrons. The molecule has 0 spiro atoms. The molecule has 0 heterocycles. The third-order valence-electron chi connectivity index (χ3n) is 12.6. The number of hydrogen-bond acceptors (Lipinski definition) is 6. The molecule has 0 aromatic carbocycles. The zero-order valence-corrected chi connectivity index (χ0v) is 51.5. The first kappa shape index (κ1) is 75.2. The van der Waals surface area contributed by atoms with Gasteiger partial charge in [-0.3, -0.25) is 14.4 Å². The molecule has 0 rings (SSSR count). The summed E-state index contributed by atoms with van der Waals surface area (Å²) in [6, 6.07) is 0. The number of ether oxygens (including phenoxy) is 3. The number of carbonyl (C=O) groups is 3. The van der Waals surface area contributed by atoms with Gasteiger partial charge >= 0.3 is 17.9 Å². The Hall–Kier alpha value is -5.75. The van der Waals surface area contributed by atoms with Crippen molar-refractivity contribution in [3.63, 3.8) is 0 Å². The summed E-state index contributed by atoms with van der Waals surface area (Å²) >= 11 is 0. The number of rotatable bonds is 55. The van der Waals surface area contributed by atoms with Gasteiger partial charge in [0, 0.05) is 6.42 Å². The lowest BCUT2D eigenvalue weighted by molar-refractivity contribution is -0.166. The van der Waals surface area contributed by atoms with Crippen LogP contribution in [0.1, 0.15) is 239 Å². The summed E-state index contributed by atoms with van der Waals surface area (Å²) in [5, 5.41) is 0. The summed E-state index contributed by atoms with van der Waals surface area (Å²) in [7, 11) is 0. The molecule has 6 nitrogen and oxygen atoms in total. The van der Waals surface area contributed by atoms with Crippen LogP contribution in [0.4, 0.5) is 0 Å². The molecule has 0 aliphatic rings. The minimum Gasteiger partial charge on any atom is -0.462 e. The Morgan fingerprint density at radius 1 is 0.259 bits per heavy atom. The van der Waals surface area contributed by atoms with Gasteiger partial charge in [0.1, 0.15) is 13.2 Å². The first-order valence-corrected chi connectivity index (χ1v) is 31.9. The van der Waals surface area contributed by atoms with Crippen LogP contribution in [-0.2, 0) is 28.6 Å². The average molecular weight is 1110 g/mol. The maximum atomic E-state index is 12.8. The minimum absolute atomic E-state index is 0.0687. The standard InChI is InChI=1S/C75H114O6/c1-4-7-10-13-16-19-22-25-28-29-30-31-32-33-34-35-36-37-38-39-40-41-42-43-44-45-48-50-53-56-59-62-65-68-74(77)80-71-72(81-75(78)69-66-63-60-57-54-51-47-27-24-21-18-15-12-9-6-3)70-79-73(76)67-64-61-58-55-52-49-46-26-23-20-17-14-11-8-5-2/h7-12,16-21,25-28,30-31,33-34,36-37,46-47,52,54-55,57,61,63-64,66,72H,4-6,13-15,22-24,29,32,35,38-45,48-51,53,56,58-60,62,65,67-71H2,1-3H3/b10-7-,11-8-,12-9-,19-16-,20-17-,21-18-,28-25-,31-30-,34-33-,37-36-,46-26-,47-27-,55-52-,57-54-,64-61-,66-63-. The van der Waals surface area contributed by atoms with Crippen LogP contribution in [-0.4, -0.2) is 37.2 Å². The monoisotopic (exact) mass is 1110 g/mol. The fraction of sp³-hybridized carbons (Fsp3) is 0.533. The highest BCUT2D eigenvalue weighted by molar-refractivity contribution is 5.72. The van der Waals surface area contributed by atoms with E-state index in [2.05, 4.69) is 191 Å². The van der Waals surface area contributed by atoms with Crippen LogP contribution in [0.5, 0.6) is 0 Å². The van der Waals surface area contributed by atoms with Gasteiger partial charge in [-0.1, -0.05) is 292 Å². The normalized spacial score (nSPS) is 13.5. The second-order valence-electron chi connectivity index (χ2n) is 20.2. The largest absolute Gasteiger partial charge is 0.462 e. The van der Waals surface area contributed by atoms with Crippen molar-refractivity contribution in [1.29, 1.82) is 0 Å². The van der Waals surface area contributed by atoms with Crippen LogP contribution in [0.3, 0.4) is 0 Å². The molecule has 0 N–H and O–H groups in total. The van der Waals surface area contributed by atoms with E-state index in [1.165, 1.54) is 77.0 Å². The Morgan fingerprint density at radius 2 is 0.494 bits per heavy atom. The average Bonchev–Trinajstić information content (AvgIpc) is 3.47. The molecule has 0 radical (unpaired) electrons. The van der Waals surface area contributed by atoms with E-state index in [-0.39, 0.29) is 32.0 Å². The Bertz CT molecular complexity index is 1950. The summed E-state index contributed by atoms with van der Waals surface area (Å²) in [4.78, 5) is 38.1. The fourth-order valence-electron chi connectivity index (χ4n) is 8.01. The zero-order valence-electron chi connectivity index (χ0n) is 51.5. The van der Waals surface area contributed by atoms with E-state index in [9.17, 15) is 14.4 Å². The molecule has 0 fully saturated rings. The van der Waals surface area contributed by atoms with Gasteiger partial charge in [0.05, 0.1) is 12.8 Å². The molecule has 0 aromatic heterocycles. The van der Waals surface area contributed by atoms with Crippen LogP contribution < -0.4 is 0 Å². The number of unbranched alkanes of at least 4 members (excludes halogenated alkanes) is 14. The van der Waals surface area contributed by atoms with Gasteiger partial charge in [0.25, 0.3) is 0 Å². The summed E-state index contributed by atoms with van der Waals surface area (Å²) < 4.78 is 16.7. The number of allylic oxidation sites excluding steroid dienone is 30. The highest BCUT2D eigenvalue weighted by Gasteiger charge is 2.19. The van der Waals surface area contributed by atoms with Crippen molar-refractivity contribution in [3.05, 3.63) is 194 Å². The second-order valence-corrected chi connectivity index (χ2v) is 20.2. The summed E-state index contributed by atoms with van der Waals surface area (Å²) in [6.07, 6.45) is 102. The highest BCUT2D eigenvalue weighted by atomic mass is 16.6. The van der Waals surface area contributed by atoms with Crippen LogP contribution >= 0.6 is 0 Å². The van der Waals surface area contributed by atoms with E-state index in [4.69, 9.17) is 14.2 Å². The molecule has 0 saturated heterocycles. The van der Waals surface area contributed by atoms with Crippen molar-refractivity contribution in [3.8, 4) is 0 Å². The number of hydrogen-bond donors (Lipinski definition) is 0. The summed E-state index contributed by atoms with van der Waals surface area (Å²) in [5.74, 6) is -1.23. The molecular weight excluding hydrogens is 997 g/mol. The predicted molar refractivity (Wildman–Crippen MR) is 352 cm³/mol. The molecule has 81 heavy (non-hydrogen) atoms. The zero-order chi connectivity index (χ0) is 58.5. The summed E-state index contributed by atoms with van der Waals surface area (Å²) in [5.41, 5.74) is 0. The molecule has 0 aliphatic carbocycles. The van der Waals surface area contributed by atoms with Crippen molar-refractivity contribution in [2.45, 2.75) is 245 Å². The minimum atomic E-state index is -0.883. The van der Waals surface area contributed by atoms with Gasteiger partial charge < -0.3 is 14.2 Å². The van der Waals surface area contributed by atoms with Gasteiger partial charge in [-0.2, -0.15) is 0 Å². The van der Waals surface area contributed by atoms with Crippen molar-refractivity contribution in [2.75, 3.05) is 13.2 Å². The molecule has 1 atom stereocenters. The van der Waals surface area contributed by atoms with Gasteiger partial charge in [-0.15, -0.1) is 0 Å². The molecular formula is C75H114O6. The second kappa shape index (κ2) is 66.8. The Kier molecular flexibility index (Phi) is 62.0. The quantitative estimate of drug-likeness (QED) is 0.0261. The first-order valence-electron chi connectivity index (χ1n) is 31.9. The molecule has 0 aliphatic heterocycles. The topological polar surface area (TPSA) is 78.9 Å². The molecule has 0 bridgehead atoms. The lowest BCUT2D eigenvalue weighted by atomic mass is 10.0. The van der Waals surface area contributed by atoms with E-state index in [1.807, 2.05) is 12.2 Å². The smallest absolute Gasteiger partial charge is 0.310 e. The molecule has 0 saturated carbocycles. The third-order valence-corrected chi connectivity index (χ3v) is 12.6. The lowest BCUT2D eigenvalue weighted by Crippen LogP contribution is -2.30. The van der Waals surface area contributed by atoms with Crippen molar-refractivity contribution in [2.24, 2.45) is 0 Å². The van der Waals surface area contributed by atoms with Crippen LogP contribution in [0.2, 0.25) is 0 Å². The Morgan fingerprint density at radius 3 is 0.802 bits per heavy atom. The molecule has 0 aromatic rings. The van der Waals surface area contributed by atoms with Crippen molar-refractivity contribution >= 4 is 17.9 Å². The van der Waals surface area contributed by atoms with E-state index < -0.39 is 18.0 Å². The Labute approximate surface area is 497 Å². The van der Waals surface area contributed by atoms with E-state index in [0.717, 1.165) is 109 Å². The maximum absolute atomic E-state index is 12.8. The van der Waals surface area contributed by atoms with Crippen LogP contribution in [0.15, 0.2) is 194 Å². The highest BCUT2D eigenvalue weighted by Crippen LogP contribution is 2.15. The van der Waals surface area contributed by atoms with Crippen LogP contribution in [0, 0.1) is 0 Å². The fourth-order valence-corrected chi connectivity index (χ4v) is 8.01.